The molecule has 0 bridgehead atoms. The van der Waals surface area contributed by atoms with Gasteiger partial charge >= 0.3 is 5.97 Å². The number of aliphatic carboxylic acids is 1. The van der Waals surface area contributed by atoms with E-state index in [0.29, 0.717) is 27.7 Å². The average molecular weight is 372 g/mol. The fourth-order valence-corrected chi connectivity index (χ4v) is 3.03. The van der Waals surface area contributed by atoms with Crippen LogP contribution in [0.2, 0.25) is 0 Å². The second-order valence-electron chi connectivity index (χ2n) is 6.29. The SMILES string of the molecule is O=C(N[C@@H](Cc1cnc2ccccc2n1)C(=O)O)c1ccnc2ccccc12. The summed E-state index contributed by atoms with van der Waals surface area (Å²) < 4.78 is 0. The fourth-order valence-electron chi connectivity index (χ4n) is 3.03. The minimum absolute atomic E-state index is 0.0297. The maximum atomic E-state index is 12.7. The first kappa shape index (κ1) is 17.5. The number of rotatable bonds is 5. The topological polar surface area (TPSA) is 105 Å². The molecule has 28 heavy (non-hydrogen) atoms. The van der Waals surface area contributed by atoms with E-state index in [1.807, 2.05) is 30.3 Å². The molecule has 1 amide bonds. The molecule has 0 saturated heterocycles. The minimum Gasteiger partial charge on any atom is -0.480 e. The molecule has 7 heteroatoms. The van der Waals surface area contributed by atoms with Crippen molar-refractivity contribution in [1.29, 1.82) is 0 Å². The molecule has 4 aromatic rings. The summed E-state index contributed by atoms with van der Waals surface area (Å²) in [5, 5.41) is 12.8. The highest BCUT2D eigenvalue weighted by Gasteiger charge is 2.23. The molecule has 0 saturated carbocycles. The van der Waals surface area contributed by atoms with Gasteiger partial charge in [0.2, 0.25) is 0 Å². The Bertz CT molecular complexity index is 1190. The van der Waals surface area contributed by atoms with Crippen molar-refractivity contribution in [2.75, 3.05) is 0 Å². The van der Waals surface area contributed by atoms with Crippen LogP contribution in [-0.4, -0.2) is 38.0 Å². The number of benzene rings is 2. The number of carbonyl (C=O) groups excluding carboxylic acids is 1. The summed E-state index contributed by atoms with van der Waals surface area (Å²) in [6.45, 7) is 0. The van der Waals surface area contributed by atoms with Crippen LogP contribution >= 0.6 is 0 Å². The van der Waals surface area contributed by atoms with E-state index >= 15 is 0 Å². The molecule has 2 aromatic carbocycles. The normalized spacial score (nSPS) is 12.0. The number of amides is 1. The first-order valence-electron chi connectivity index (χ1n) is 8.70. The van der Waals surface area contributed by atoms with E-state index < -0.39 is 17.9 Å². The molecular weight excluding hydrogens is 356 g/mol. The molecule has 0 fully saturated rings. The summed E-state index contributed by atoms with van der Waals surface area (Å²) in [5.41, 5.74) is 2.94. The van der Waals surface area contributed by atoms with Crippen LogP contribution in [0.4, 0.5) is 0 Å². The fraction of sp³-hybridized carbons (Fsp3) is 0.0952. The third kappa shape index (κ3) is 3.50. The molecule has 1 atom stereocenters. The lowest BCUT2D eigenvalue weighted by molar-refractivity contribution is -0.139. The number of para-hydroxylation sites is 3. The number of nitrogens with one attached hydrogen (secondary N) is 1. The molecule has 0 spiro atoms. The lowest BCUT2D eigenvalue weighted by atomic mass is 10.1. The highest BCUT2D eigenvalue weighted by atomic mass is 16.4. The molecule has 4 rings (SSSR count). The zero-order valence-electron chi connectivity index (χ0n) is 14.7. The molecule has 2 N–H and O–H groups in total. The lowest BCUT2D eigenvalue weighted by Gasteiger charge is -2.15. The number of pyridine rings is 1. The molecule has 0 radical (unpaired) electrons. The van der Waals surface area contributed by atoms with Crippen molar-refractivity contribution in [1.82, 2.24) is 20.3 Å². The molecule has 2 aromatic heterocycles. The Kier molecular flexibility index (Phi) is 4.63. The van der Waals surface area contributed by atoms with Gasteiger partial charge in [-0.15, -0.1) is 0 Å². The number of aromatic nitrogens is 3. The van der Waals surface area contributed by atoms with Gasteiger partial charge in [0.1, 0.15) is 6.04 Å². The summed E-state index contributed by atoms with van der Waals surface area (Å²) in [6.07, 6.45) is 3.09. The van der Waals surface area contributed by atoms with E-state index in [1.165, 1.54) is 12.4 Å². The van der Waals surface area contributed by atoms with Crippen LogP contribution in [0.3, 0.4) is 0 Å². The summed E-state index contributed by atoms with van der Waals surface area (Å²) in [4.78, 5) is 37.4. The highest BCUT2D eigenvalue weighted by Crippen LogP contribution is 2.16. The maximum Gasteiger partial charge on any atom is 0.326 e. The second kappa shape index (κ2) is 7.40. The quantitative estimate of drug-likeness (QED) is 0.558. The Labute approximate surface area is 160 Å². The molecule has 0 aliphatic heterocycles. The van der Waals surface area contributed by atoms with Gasteiger partial charge < -0.3 is 10.4 Å². The van der Waals surface area contributed by atoms with Gasteiger partial charge in [0.15, 0.2) is 0 Å². The van der Waals surface area contributed by atoms with Crippen LogP contribution in [0.25, 0.3) is 21.9 Å². The molecule has 138 valence electrons. The van der Waals surface area contributed by atoms with Crippen molar-refractivity contribution >= 4 is 33.8 Å². The van der Waals surface area contributed by atoms with Crippen molar-refractivity contribution in [2.24, 2.45) is 0 Å². The van der Waals surface area contributed by atoms with Crippen LogP contribution < -0.4 is 5.32 Å². The predicted molar refractivity (Wildman–Crippen MR) is 104 cm³/mol. The van der Waals surface area contributed by atoms with E-state index in [-0.39, 0.29) is 6.42 Å². The molecule has 2 heterocycles. The predicted octanol–water partition coefficient (Wildman–Crippen LogP) is 2.60. The molecular formula is C21H16N4O3. The van der Waals surface area contributed by atoms with Crippen LogP contribution in [0.5, 0.6) is 0 Å². The van der Waals surface area contributed by atoms with Gasteiger partial charge in [-0.2, -0.15) is 0 Å². The van der Waals surface area contributed by atoms with Crippen molar-refractivity contribution in [3.8, 4) is 0 Å². The summed E-state index contributed by atoms with van der Waals surface area (Å²) in [5.74, 6) is -1.61. The number of hydrogen-bond donors (Lipinski definition) is 2. The highest BCUT2D eigenvalue weighted by molar-refractivity contribution is 6.06. The van der Waals surface area contributed by atoms with Crippen LogP contribution in [0.15, 0.2) is 67.0 Å². The summed E-state index contributed by atoms with van der Waals surface area (Å²) >= 11 is 0. The number of carbonyl (C=O) groups is 2. The van der Waals surface area contributed by atoms with Gasteiger partial charge in [0.25, 0.3) is 5.91 Å². The van der Waals surface area contributed by atoms with Gasteiger partial charge in [0.05, 0.1) is 27.8 Å². The maximum absolute atomic E-state index is 12.7. The van der Waals surface area contributed by atoms with Crippen molar-refractivity contribution in [3.05, 3.63) is 78.2 Å². The number of carboxylic acid groups (broad SMARTS) is 1. The van der Waals surface area contributed by atoms with Crippen molar-refractivity contribution in [2.45, 2.75) is 12.5 Å². The monoisotopic (exact) mass is 372 g/mol. The van der Waals surface area contributed by atoms with E-state index in [9.17, 15) is 14.7 Å². The van der Waals surface area contributed by atoms with Gasteiger partial charge in [0, 0.05) is 24.2 Å². The van der Waals surface area contributed by atoms with E-state index in [2.05, 4.69) is 20.3 Å². The minimum atomic E-state index is -1.14. The summed E-state index contributed by atoms with van der Waals surface area (Å²) in [7, 11) is 0. The third-order valence-electron chi connectivity index (χ3n) is 4.41. The van der Waals surface area contributed by atoms with Crippen LogP contribution in [0.1, 0.15) is 16.1 Å². The standard InChI is InChI=1S/C21H16N4O3/c26-20(15-9-10-22-16-6-2-1-5-14(15)16)25-19(21(27)28)11-13-12-23-17-7-3-4-8-18(17)24-13/h1-10,12,19H,11H2,(H,25,26)(H,27,28)/t19-/m0/s1. The Hall–Kier alpha value is -3.87. The van der Waals surface area contributed by atoms with Gasteiger partial charge in [-0.25, -0.2) is 9.78 Å². The first-order chi connectivity index (χ1) is 13.6. The van der Waals surface area contributed by atoms with E-state index in [4.69, 9.17) is 0 Å². The Morgan fingerprint density at radius 1 is 0.929 bits per heavy atom. The van der Waals surface area contributed by atoms with Gasteiger partial charge in [-0.1, -0.05) is 30.3 Å². The number of fused-ring (bicyclic) bond motifs is 2. The first-order valence-corrected chi connectivity index (χ1v) is 8.70. The molecule has 0 aliphatic carbocycles. The Morgan fingerprint density at radius 3 is 2.43 bits per heavy atom. The van der Waals surface area contributed by atoms with Gasteiger partial charge in [-0.05, 0) is 24.3 Å². The summed E-state index contributed by atoms with van der Waals surface area (Å²) in [6, 6.07) is 15.0. The van der Waals surface area contributed by atoms with E-state index in [0.717, 1.165) is 5.52 Å². The van der Waals surface area contributed by atoms with Crippen molar-refractivity contribution in [3.63, 3.8) is 0 Å². The molecule has 0 unspecified atom stereocenters. The number of carboxylic acids is 1. The Morgan fingerprint density at radius 2 is 1.64 bits per heavy atom. The smallest absolute Gasteiger partial charge is 0.326 e. The lowest BCUT2D eigenvalue weighted by Crippen LogP contribution is -2.42. The molecule has 7 nitrogen and oxygen atoms in total. The zero-order chi connectivity index (χ0) is 19.5. The van der Waals surface area contributed by atoms with Crippen molar-refractivity contribution < 1.29 is 14.7 Å². The molecule has 0 aliphatic rings. The largest absolute Gasteiger partial charge is 0.480 e. The third-order valence-corrected chi connectivity index (χ3v) is 4.41. The average Bonchev–Trinajstić information content (AvgIpc) is 2.72. The van der Waals surface area contributed by atoms with Crippen LogP contribution in [-0.2, 0) is 11.2 Å². The second-order valence-corrected chi connectivity index (χ2v) is 6.29. The van der Waals surface area contributed by atoms with Gasteiger partial charge in [-0.3, -0.25) is 14.8 Å². The van der Waals surface area contributed by atoms with Crippen LogP contribution in [0, 0.1) is 0 Å². The number of nitrogens with zero attached hydrogens (tertiary/aromatic N) is 3. The zero-order valence-corrected chi connectivity index (χ0v) is 14.7. The van der Waals surface area contributed by atoms with E-state index in [1.54, 1.807) is 24.3 Å². The number of hydrogen-bond acceptors (Lipinski definition) is 5. The Balaban J connectivity index is 1.59.